The summed E-state index contributed by atoms with van der Waals surface area (Å²) in [7, 11) is 0. The number of pyridine rings is 1. The maximum atomic E-state index is 12.5. The van der Waals surface area contributed by atoms with Gasteiger partial charge in [-0.2, -0.15) is 11.8 Å². The fraction of sp³-hybridized carbons (Fsp3) is 0.684. The number of hydrogen-bond donors (Lipinski definition) is 2. The Balaban J connectivity index is 1.53. The van der Waals surface area contributed by atoms with Crippen LogP contribution in [-0.4, -0.2) is 57.1 Å². The second kappa shape index (κ2) is 7.96. The quantitative estimate of drug-likeness (QED) is 0.813. The van der Waals surface area contributed by atoms with E-state index >= 15 is 0 Å². The minimum Gasteiger partial charge on any atom is -0.387 e. The van der Waals surface area contributed by atoms with Crippen LogP contribution in [0.25, 0.3) is 0 Å². The lowest BCUT2D eigenvalue weighted by Crippen LogP contribution is -2.54. The molecule has 25 heavy (non-hydrogen) atoms. The molecule has 2 N–H and O–H groups in total. The Morgan fingerprint density at radius 3 is 2.72 bits per heavy atom. The molecule has 0 radical (unpaired) electrons. The number of piperidine rings is 1. The maximum absolute atomic E-state index is 12.5. The summed E-state index contributed by atoms with van der Waals surface area (Å²) in [6, 6.07) is 3.67. The first-order chi connectivity index (χ1) is 12.0. The Bertz CT molecular complexity index is 587. The molecule has 1 aromatic rings. The molecule has 2 unspecified atom stereocenters. The molecule has 1 aliphatic carbocycles. The van der Waals surface area contributed by atoms with E-state index in [4.69, 9.17) is 0 Å². The zero-order chi connectivity index (χ0) is 17.9. The SMILES string of the molecule is CCSC1CCC1(O)CNc1ccc(C(=O)N2CCC(C)CC2)cn1. The van der Waals surface area contributed by atoms with Crippen LogP contribution in [0.3, 0.4) is 0 Å². The predicted octanol–water partition coefficient (Wildman–Crippen LogP) is 3.01. The molecular weight excluding hydrogens is 334 g/mol. The molecule has 1 aromatic heterocycles. The fourth-order valence-electron chi connectivity index (χ4n) is 3.50. The summed E-state index contributed by atoms with van der Waals surface area (Å²) in [5.74, 6) is 2.52. The van der Waals surface area contributed by atoms with Crippen LogP contribution in [-0.2, 0) is 0 Å². The third kappa shape index (κ3) is 4.29. The van der Waals surface area contributed by atoms with E-state index in [1.807, 2.05) is 28.8 Å². The second-order valence-corrected chi connectivity index (χ2v) is 8.83. The van der Waals surface area contributed by atoms with Crippen LogP contribution in [0, 0.1) is 5.92 Å². The summed E-state index contributed by atoms with van der Waals surface area (Å²) >= 11 is 1.82. The van der Waals surface area contributed by atoms with Gasteiger partial charge < -0.3 is 15.3 Å². The lowest BCUT2D eigenvalue weighted by atomic mass is 9.79. The van der Waals surface area contributed by atoms with Crippen LogP contribution < -0.4 is 5.32 Å². The van der Waals surface area contributed by atoms with Gasteiger partial charge in [-0.05, 0) is 49.5 Å². The molecule has 0 bridgehead atoms. The average molecular weight is 364 g/mol. The number of thioether (sulfide) groups is 1. The van der Waals surface area contributed by atoms with E-state index in [0.717, 1.165) is 44.5 Å². The molecule has 0 spiro atoms. The number of carbonyl (C=O) groups excluding carboxylic acids is 1. The highest BCUT2D eigenvalue weighted by Crippen LogP contribution is 2.41. The molecule has 2 atom stereocenters. The Kier molecular flexibility index (Phi) is 5.89. The number of likely N-dealkylation sites (tertiary alicyclic amines) is 1. The topological polar surface area (TPSA) is 65.5 Å². The van der Waals surface area contributed by atoms with Crippen molar-refractivity contribution in [2.45, 2.75) is 50.4 Å². The van der Waals surface area contributed by atoms with Crippen LogP contribution in [0.15, 0.2) is 18.3 Å². The van der Waals surface area contributed by atoms with Crippen LogP contribution in [0.4, 0.5) is 5.82 Å². The number of aromatic nitrogens is 1. The molecule has 1 saturated heterocycles. The Labute approximate surface area is 154 Å². The zero-order valence-electron chi connectivity index (χ0n) is 15.2. The van der Waals surface area contributed by atoms with Crippen LogP contribution in [0.5, 0.6) is 0 Å². The van der Waals surface area contributed by atoms with E-state index in [1.54, 1.807) is 6.20 Å². The van der Waals surface area contributed by atoms with E-state index in [1.165, 1.54) is 0 Å². The molecular formula is C19H29N3O2S. The molecule has 2 aliphatic rings. The van der Waals surface area contributed by atoms with Gasteiger partial charge in [0.2, 0.25) is 0 Å². The molecule has 1 saturated carbocycles. The number of amides is 1. The largest absolute Gasteiger partial charge is 0.387 e. The van der Waals surface area contributed by atoms with Crippen molar-refractivity contribution >= 4 is 23.5 Å². The first kappa shape index (κ1) is 18.5. The predicted molar refractivity (Wildman–Crippen MR) is 103 cm³/mol. The van der Waals surface area contributed by atoms with Crippen LogP contribution >= 0.6 is 11.8 Å². The van der Waals surface area contributed by atoms with E-state index in [2.05, 4.69) is 24.1 Å². The highest BCUT2D eigenvalue weighted by molar-refractivity contribution is 8.00. The van der Waals surface area contributed by atoms with Crippen molar-refractivity contribution in [1.82, 2.24) is 9.88 Å². The van der Waals surface area contributed by atoms with Crippen molar-refractivity contribution in [2.75, 3.05) is 30.7 Å². The van der Waals surface area contributed by atoms with Gasteiger partial charge in [-0.25, -0.2) is 4.98 Å². The van der Waals surface area contributed by atoms with Crippen molar-refractivity contribution in [3.8, 4) is 0 Å². The maximum Gasteiger partial charge on any atom is 0.255 e. The van der Waals surface area contributed by atoms with Gasteiger partial charge in [0.05, 0.1) is 11.2 Å². The van der Waals surface area contributed by atoms with Crippen molar-refractivity contribution in [2.24, 2.45) is 5.92 Å². The molecule has 2 heterocycles. The summed E-state index contributed by atoms with van der Waals surface area (Å²) in [6.45, 7) is 6.54. The molecule has 2 fully saturated rings. The van der Waals surface area contributed by atoms with Gasteiger partial charge in [0.15, 0.2) is 0 Å². The monoisotopic (exact) mass is 363 g/mol. The standard InChI is InChI=1S/C19H29N3O2S/c1-3-25-16-6-9-19(16,24)13-21-17-5-4-15(12-20-17)18(23)22-10-7-14(2)8-11-22/h4-5,12,14,16,24H,3,6-11,13H2,1-2H3,(H,20,21). The lowest BCUT2D eigenvalue weighted by molar-refractivity contribution is -0.0120. The number of rotatable bonds is 6. The molecule has 0 aromatic carbocycles. The van der Waals surface area contributed by atoms with Gasteiger partial charge in [-0.1, -0.05) is 13.8 Å². The molecule has 3 rings (SSSR count). The summed E-state index contributed by atoms with van der Waals surface area (Å²) in [5.41, 5.74) is 0.00307. The number of anilines is 1. The van der Waals surface area contributed by atoms with Gasteiger partial charge in [0.1, 0.15) is 5.82 Å². The lowest BCUT2D eigenvalue weighted by Gasteiger charge is -2.45. The molecule has 1 amide bonds. The number of nitrogens with zero attached hydrogens (tertiary/aromatic N) is 2. The smallest absolute Gasteiger partial charge is 0.255 e. The summed E-state index contributed by atoms with van der Waals surface area (Å²) in [4.78, 5) is 18.8. The number of nitrogens with one attached hydrogen (secondary N) is 1. The summed E-state index contributed by atoms with van der Waals surface area (Å²) < 4.78 is 0. The van der Waals surface area contributed by atoms with Crippen molar-refractivity contribution in [3.63, 3.8) is 0 Å². The van der Waals surface area contributed by atoms with Gasteiger partial charge >= 0.3 is 0 Å². The number of carbonyl (C=O) groups is 1. The Hall–Kier alpha value is -1.27. The van der Waals surface area contributed by atoms with Crippen LogP contribution in [0.1, 0.15) is 49.9 Å². The Morgan fingerprint density at radius 2 is 2.16 bits per heavy atom. The zero-order valence-corrected chi connectivity index (χ0v) is 16.0. The van der Waals surface area contributed by atoms with Gasteiger partial charge in [-0.3, -0.25) is 4.79 Å². The van der Waals surface area contributed by atoms with Gasteiger partial charge in [0, 0.05) is 31.1 Å². The molecule has 1 aliphatic heterocycles. The van der Waals surface area contributed by atoms with E-state index in [0.29, 0.717) is 29.1 Å². The van der Waals surface area contributed by atoms with Gasteiger partial charge in [-0.15, -0.1) is 0 Å². The first-order valence-electron chi connectivity index (χ1n) is 9.35. The normalized spacial score (nSPS) is 27.0. The fourth-order valence-corrected chi connectivity index (χ4v) is 4.70. The average Bonchev–Trinajstić information content (AvgIpc) is 2.64. The van der Waals surface area contributed by atoms with E-state index in [9.17, 15) is 9.90 Å². The molecule has 138 valence electrons. The van der Waals surface area contributed by atoms with Crippen LogP contribution in [0.2, 0.25) is 0 Å². The summed E-state index contributed by atoms with van der Waals surface area (Å²) in [6.07, 6.45) is 5.71. The van der Waals surface area contributed by atoms with E-state index < -0.39 is 5.60 Å². The number of aliphatic hydroxyl groups is 1. The van der Waals surface area contributed by atoms with Crippen molar-refractivity contribution in [3.05, 3.63) is 23.9 Å². The van der Waals surface area contributed by atoms with Crippen molar-refractivity contribution in [1.29, 1.82) is 0 Å². The Morgan fingerprint density at radius 1 is 1.40 bits per heavy atom. The van der Waals surface area contributed by atoms with Crippen molar-refractivity contribution < 1.29 is 9.90 Å². The third-order valence-electron chi connectivity index (χ3n) is 5.46. The summed E-state index contributed by atoms with van der Waals surface area (Å²) in [5, 5.41) is 14.2. The number of hydrogen-bond acceptors (Lipinski definition) is 5. The molecule has 5 nitrogen and oxygen atoms in total. The first-order valence-corrected chi connectivity index (χ1v) is 10.4. The van der Waals surface area contributed by atoms with Gasteiger partial charge in [0.25, 0.3) is 5.91 Å². The highest BCUT2D eigenvalue weighted by Gasteiger charge is 2.45. The minimum absolute atomic E-state index is 0.0722. The highest BCUT2D eigenvalue weighted by atomic mass is 32.2. The third-order valence-corrected chi connectivity index (χ3v) is 6.87. The second-order valence-electron chi connectivity index (χ2n) is 7.35. The van der Waals surface area contributed by atoms with E-state index in [-0.39, 0.29) is 5.91 Å². The molecule has 6 heteroatoms. The minimum atomic E-state index is -0.638.